The van der Waals surface area contributed by atoms with Crippen LogP contribution in [0.15, 0.2) is 48.5 Å². The summed E-state index contributed by atoms with van der Waals surface area (Å²) in [7, 11) is 1.38. The maximum Gasteiger partial charge on any atom is 0.405 e. The third kappa shape index (κ3) is 9.18. The van der Waals surface area contributed by atoms with E-state index in [0.29, 0.717) is 29.2 Å². The lowest BCUT2D eigenvalue weighted by molar-refractivity contribution is -0.165. The number of amides is 4. The number of halogens is 6. The lowest BCUT2D eigenvalue weighted by atomic mass is 9.94. The topological polar surface area (TPSA) is 143 Å². The normalized spacial score (nSPS) is 15.9. The highest BCUT2D eigenvalue weighted by Gasteiger charge is 2.53. The number of alkyl halides is 5. The molecular weight excluding hydrogens is 655 g/mol. The van der Waals surface area contributed by atoms with Crippen molar-refractivity contribution >= 4 is 41.0 Å². The van der Waals surface area contributed by atoms with Crippen LogP contribution in [0, 0.1) is 5.92 Å². The Balaban J connectivity index is 1.81. The third-order valence-corrected chi connectivity index (χ3v) is 7.83. The van der Waals surface area contributed by atoms with Gasteiger partial charge in [-0.25, -0.2) is 0 Å². The highest BCUT2D eigenvalue weighted by atomic mass is 35.5. The van der Waals surface area contributed by atoms with E-state index in [1.807, 2.05) is 0 Å². The zero-order valence-electron chi connectivity index (χ0n) is 25.8. The van der Waals surface area contributed by atoms with Crippen molar-refractivity contribution in [2.24, 2.45) is 5.92 Å². The molecule has 2 aromatic carbocycles. The van der Waals surface area contributed by atoms with Gasteiger partial charge in [0.25, 0.3) is 5.91 Å². The predicted octanol–water partition coefficient (Wildman–Crippen LogP) is 3.77. The molecule has 0 spiro atoms. The van der Waals surface area contributed by atoms with Crippen molar-refractivity contribution in [3.05, 3.63) is 64.7 Å². The summed E-state index contributed by atoms with van der Waals surface area (Å²) in [6.07, 6.45) is -4.00. The summed E-state index contributed by atoms with van der Waals surface area (Å²) in [5, 5.41) is 8.58. The van der Waals surface area contributed by atoms with E-state index in [1.165, 1.54) is 52.1 Å². The minimum atomic E-state index is -5.02. The van der Waals surface area contributed by atoms with Gasteiger partial charge in [0.15, 0.2) is 0 Å². The average Bonchev–Trinajstić information content (AvgIpc) is 3.82. The first kappa shape index (κ1) is 37.2. The van der Waals surface area contributed by atoms with E-state index in [2.05, 4.69) is 16.0 Å². The summed E-state index contributed by atoms with van der Waals surface area (Å²) >= 11 is 6.08. The Kier molecular flexibility index (Phi) is 11.6. The first-order valence-electron chi connectivity index (χ1n) is 14.4. The molecule has 0 saturated heterocycles. The van der Waals surface area contributed by atoms with E-state index >= 15 is 0 Å². The van der Waals surface area contributed by atoms with Crippen molar-refractivity contribution < 1.29 is 50.7 Å². The Labute approximate surface area is 272 Å². The number of carbonyl (C=O) groups is 5. The van der Waals surface area contributed by atoms with Crippen LogP contribution in [0.3, 0.4) is 0 Å². The number of carbonyl (C=O) groups excluding carboxylic acids is 5. The van der Waals surface area contributed by atoms with E-state index in [0.717, 1.165) is 5.32 Å². The Morgan fingerprint density at radius 2 is 1.51 bits per heavy atom. The minimum absolute atomic E-state index is 0.123. The van der Waals surface area contributed by atoms with Crippen LogP contribution in [0.25, 0.3) is 0 Å². The summed E-state index contributed by atoms with van der Waals surface area (Å²) in [6, 6.07) is 7.53. The van der Waals surface area contributed by atoms with Gasteiger partial charge >= 0.3 is 12.1 Å². The van der Waals surface area contributed by atoms with Gasteiger partial charge < -0.3 is 26.0 Å². The highest BCUT2D eigenvalue weighted by Crippen LogP contribution is 2.49. The fourth-order valence-corrected chi connectivity index (χ4v) is 4.88. The standard InChI is InChI=1S/C31H34ClF5N4O6/c1-16(2)22(24(42)31(36,37)28(46)38-15-30(33,34)35)40-26(44)23(18-8-10-21(47-4)11-9-18)41-25(43)17(3)39-27(45)29(12-13-29)19-6-5-7-20(32)14-19/h5-11,14,16-17,22-23H,12-13,15H2,1-4H3,(H,38,46)(H,39,45)(H,40,44)(H,41,43). The molecule has 0 bridgehead atoms. The molecule has 2 aromatic rings. The van der Waals surface area contributed by atoms with Gasteiger partial charge in [-0.3, -0.25) is 24.0 Å². The molecule has 16 heteroatoms. The van der Waals surface area contributed by atoms with Crippen LogP contribution in [0.5, 0.6) is 5.75 Å². The van der Waals surface area contributed by atoms with Crippen molar-refractivity contribution in [3.8, 4) is 5.75 Å². The van der Waals surface area contributed by atoms with Gasteiger partial charge in [0.2, 0.25) is 23.5 Å². The number of nitrogens with one attached hydrogen (secondary N) is 4. The number of ether oxygens (including phenoxy) is 1. The second-order valence-corrected chi connectivity index (χ2v) is 11.9. The molecule has 1 fully saturated rings. The maximum atomic E-state index is 14.7. The smallest absolute Gasteiger partial charge is 0.405 e. The quantitative estimate of drug-likeness (QED) is 0.176. The van der Waals surface area contributed by atoms with Crippen LogP contribution in [0.1, 0.15) is 50.8 Å². The molecule has 1 aliphatic rings. The van der Waals surface area contributed by atoms with Crippen molar-refractivity contribution in [3.63, 3.8) is 0 Å². The molecule has 3 unspecified atom stereocenters. The zero-order valence-corrected chi connectivity index (χ0v) is 26.5. The molecule has 3 atom stereocenters. The number of Topliss-reactive ketones (excluding diaryl/α,β-unsaturated/α-hetero) is 1. The zero-order chi connectivity index (χ0) is 35.3. The first-order chi connectivity index (χ1) is 21.8. The number of ketones is 1. The summed E-state index contributed by atoms with van der Waals surface area (Å²) in [4.78, 5) is 64.7. The van der Waals surface area contributed by atoms with E-state index in [1.54, 1.807) is 24.3 Å². The molecule has 256 valence electrons. The Morgan fingerprint density at radius 1 is 0.894 bits per heavy atom. The molecule has 0 aromatic heterocycles. The van der Waals surface area contributed by atoms with Gasteiger partial charge in [-0.2, -0.15) is 22.0 Å². The van der Waals surface area contributed by atoms with Gasteiger partial charge in [0.1, 0.15) is 24.4 Å². The van der Waals surface area contributed by atoms with E-state index < -0.39 is 77.5 Å². The summed E-state index contributed by atoms with van der Waals surface area (Å²) in [5.74, 6) is -12.7. The van der Waals surface area contributed by atoms with E-state index in [-0.39, 0.29) is 5.56 Å². The molecule has 4 N–H and O–H groups in total. The van der Waals surface area contributed by atoms with Crippen LogP contribution in [-0.2, 0) is 29.4 Å². The van der Waals surface area contributed by atoms with Crippen LogP contribution < -0.4 is 26.0 Å². The highest BCUT2D eigenvalue weighted by molar-refractivity contribution is 6.30. The molecule has 1 saturated carbocycles. The fraction of sp³-hybridized carbons (Fsp3) is 0.452. The number of hydrogen-bond donors (Lipinski definition) is 4. The van der Waals surface area contributed by atoms with Gasteiger partial charge in [-0.1, -0.05) is 49.7 Å². The largest absolute Gasteiger partial charge is 0.497 e. The molecule has 1 aliphatic carbocycles. The van der Waals surface area contributed by atoms with Crippen molar-refractivity contribution in [1.82, 2.24) is 21.3 Å². The maximum absolute atomic E-state index is 14.7. The number of methoxy groups -OCH3 is 1. The van der Waals surface area contributed by atoms with Crippen molar-refractivity contribution in [2.75, 3.05) is 13.7 Å². The Hall–Kier alpha value is -4.27. The number of rotatable bonds is 14. The summed E-state index contributed by atoms with van der Waals surface area (Å²) < 4.78 is 72.0. The lowest BCUT2D eigenvalue weighted by Gasteiger charge is -2.28. The number of benzene rings is 2. The SMILES string of the molecule is COc1ccc(C(NC(=O)C(C)NC(=O)C2(c3cccc(Cl)c3)CC2)C(=O)NC(C(=O)C(F)(F)C(=O)NCC(F)(F)F)C(C)C)cc1. The minimum Gasteiger partial charge on any atom is -0.497 e. The third-order valence-electron chi connectivity index (χ3n) is 7.59. The van der Waals surface area contributed by atoms with Gasteiger partial charge in [0, 0.05) is 5.02 Å². The predicted molar refractivity (Wildman–Crippen MR) is 160 cm³/mol. The monoisotopic (exact) mass is 688 g/mol. The summed E-state index contributed by atoms with van der Waals surface area (Å²) in [5.41, 5.74) is -0.106. The molecule has 10 nitrogen and oxygen atoms in total. The second kappa shape index (κ2) is 14.7. The van der Waals surface area contributed by atoms with Crippen LogP contribution in [0.4, 0.5) is 22.0 Å². The number of hydrogen-bond acceptors (Lipinski definition) is 6. The van der Waals surface area contributed by atoms with E-state index in [4.69, 9.17) is 16.3 Å². The van der Waals surface area contributed by atoms with Gasteiger partial charge in [0.05, 0.1) is 18.6 Å². The Bertz CT molecular complexity index is 1500. The lowest BCUT2D eigenvalue weighted by Crippen LogP contribution is -2.58. The van der Waals surface area contributed by atoms with Gasteiger partial charge in [-0.15, -0.1) is 0 Å². The molecule has 0 aliphatic heterocycles. The molecule has 0 radical (unpaired) electrons. The summed E-state index contributed by atoms with van der Waals surface area (Å²) in [6.45, 7) is 1.79. The molecule has 4 amide bonds. The van der Waals surface area contributed by atoms with Gasteiger partial charge in [-0.05, 0) is 61.1 Å². The first-order valence-corrected chi connectivity index (χ1v) is 14.8. The van der Waals surface area contributed by atoms with Crippen LogP contribution in [0.2, 0.25) is 5.02 Å². The molecule has 3 rings (SSSR count). The molecule has 47 heavy (non-hydrogen) atoms. The molecule has 0 heterocycles. The van der Waals surface area contributed by atoms with Crippen LogP contribution >= 0.6 is 11.6 Å². The Morgan fingerprint density at radius 3 is 2.02 bits per heavy atom. The van der Waals surface area contributed by atoms with Crippen molar-refractivity contribution in [1.29, 1.82) is 0 Å². The van der Waals surface area contributed by atoms with Crippen molar-refractivity contribution in [2.45, 2.75) is 69.3 Å². The van der Waals surface area contributed by atoms with E-state index in [9.17, 15) is 45.9 Å². The second-order valence-electron chi connectivity index (χ2n) is 11.5. The fourth-order valence-electron chi connectivity index (χ4n) is 4.69. The average molecular weight is 689 g/mol. The molecular formula is C31H34ClF5N4O6. The van der Waals surface area contributed by atoms with Crippen LogP contribution in [-0.4, -0.2) is 67.2 Å².